The Morgan fingerprint density at radius 3 is 2.66 bits per heavy atom. The molecule has 6 rings (SSSR count). The molecule has 3 heterocycles. The molecule has 0 saturated heterocycles. The molecule has 0 atom stereocenters. The zero-order valence-electron chi connectivity index (χ0n) is 21.3. The number of halogens is 1. The molecule has 1 N–H and O–H groups in total. The first-order valence-corrected chi connectivity index (χ1v) is 12.8. The van der Waals surface area contributed by atoms with Crippen LogP contribution in [0.1, 0.15) is 34.3 Å². The van der Waals surface area contributed by atoms with E-state index in [1.807, 2.05) is 6.07 Å². The molecule has 0 aliphatic carbocycles. The summed E-state index contributed by atoms with van der Waals surface area (Å²) in [4.78, 5) is 20.7. The molecule has 0 fully saturated rings. The fraction of sp³-hybridized carbons (Fsp3) is 0.267. The molecule has 8 heteroatoms. The van der Waals surface area contributed by atoms with Gasteiger partial charge in [0.15, 0.2) is 0 Å². The number of carbonyl (C=O) groups excluding carboxylic acids is 1. The second kappa shape index (κ2) is 9.85. The standard InChI is InChI=1S/C30H28FN3O4/c1-36-22-10-11-25(26(17-22)37-2)33-30-24(29(35)32-21-8-3-7-20(31)16-21)15-19-14-18-6-4-12-34-13-5-9-23(27(18)34)28(19)38-30/h3,7-8,10-11,14-17H,4-6,9,12-13H2,1-2H3,(H,32,35). The number of nitrogens with one attached hydrogen (secondary N) is 1. The van der Waals surface area contributed by atoms with Gasteiger partial charge in [0.2, 0.25) is 5.55 Å². The van der Waals surface area contributed by atoms with Crippen molar-refractivity contribution < 1.29 is 23.1 Å². The minimum atomic E-state index is -0.444. The van der Waals surface area contributed by atoms with Crippen LogP contribution in [0.15, 0.2) is 64.0 Å². The van der Waals surface area contributed by atoms with Crippen LogP contribution < -0.4 is 25.2 Å². The summed E-state index contributed by atoms with van der Waals surface area (Å²) >= 11 is 0. The van der Waals surface area contributed by atoms with Gasteiger partial charge < -0.3 is 24.1 Å². The van der Waals surface area contributed by atoms with Crippen LogP contribution in [0.3, 0.4) is 0 Å². The van der Waals surface area contributed by atoms with Crippen molar-refractivity contribution in [2.45, 2.75) is 25.7 Å². The van der Waals surface area contributed by atoms with Crippen molar-refractivity contribution in [2.24, 2.45) is 4.99 Å². The molecule has 4 aromatic rings. The van der Waals surface area contributed by atoms with E-state index in [0.29, 0.717) is 22.9 Å². The lowest BCUT2D eigenvalue weighted by molar-refractivity contribution is 0.102. The summed E-state index contributed by atoms with van der Waals surface area (Å²) in [6.45, 7) is 2.08. The summed E-state index contributed by atoms with van der Waals surface area (Å²) in [6.07, 6.45) is 4.04. The maximum absolute atomic E-state index is 13.8. The third-order valence-electron chi connectivity index (χ3n) is 7.17. The smallest absolute Gasteiger partial charge is 0.261 e. The number of rotatable bonds is 5. The highest BCUT2D eigenvalue weighted by molar-refractivity contribution is 6.06. The number of anilines is 2. The summed E-state index contributed by atoms with van der Waals surface area (Å²) in [6, 6.07) is 15.0. The van der Waals surface area contributed by atoms with Crippen LogP contribution in [-0.4, -0.2) is 33.2 Å². The number of aryl methyl sites for hydroxylation is 2. The zero-order chi connectivity index (χ0) is 26.2. The van der Waals surface area contributed by atoms with Crippen LogP contribution in [0.2, 0.25) is 0 Å². The minimum Gasteiger partial charge on any atom is -0.497 e. The SMILES string of the molecule is COc1ccc(N=c2oc3c4c5c(cc3cc2C(=O)Nc2cccc(F)c2)CCCN5CCC4)c(OC)c1. The summed E-state index contributed by atoms with van der Waals surface area (Å²) in [7, 11) is 3.13. The Kier molecular flexibility index (Phi) is 6.23. The van der Waals surface area contributed by atoms with E-state index in [2.05, 4.69) is 16.3 Å². The fourth-order valence-corrected chi connectivity index (χ4v) is 5.45. The Labute approximate surface area is 219 Å². The molecule has 0 saturated carbocycles. The number of nitrogens with zero attached hydrogens (tertiary/aromatic N) is 2. The monoisotopic (exact) mass is 513 g/mol. The molecule has 194 valence electrons. The molecule has 3 aromatic carbocycles. The van der Waals surface area contributed by atoms with Gasteiger partial charge >= 0.3 is 0 Å². The number of amides is 1. The van der Waals surface area contributed by atoms with Gasteiger partial charge in [-0.05, 0) is 73.7 Å². The van der Waals surface area contributed by atoms with Crippen molar-refractivity contribution in [3.63, 3.8) is 0 Å². The van der Waals surface area contributed by atoms with Gasteiger partial charge in [0, 0.05) is 41.5 Å². The molecule has 7 nitrogen and oxygen atoms in total. The molecule has 1 aromatic heterocycles. The second-order valence-corrected chi connectivity index (χ2v) is 9.55. The van der Waals surface area contributed by atoms with E-state index in [-0.39, 0.29) is 11.1 Å². The van der Waals surface area contributed by atoms with Crippen LogP contribution in [0.5, 0.6) is 11.5 Å². The maximum Gasteiger partial charge on any atom is 0.261 e. The summed E-state index contributed by atoms with van der Waals surface area (Å²) in [5.41, 5.74) is 5.69. The predicted molar refractivity (Wildman–Crippen MR) is 144 cm³/mol. The largest absolute Gasteiger partial charge is 0.497 e. The van der Waals surface area contributed by atoms with Gasteiger partial charge in [-0.25, -0.2) is 9.38 Å². The van der Waals surface area contributed by atoms with E-state index in [0.717, 1.165) is 49.7 Å². The second-order valence-electron chi connectivity index (χ2n) is 9.55. The van der Waals surface area contributed by atoms with Crippen molar-refractivity contribution in [2.75, 3.05) is 37.5 Å². The summed E-state index contributed by atoms with van der Waals surface area (Å²) in [5.74, 6) is 0.222. The Hall–Kier alpha value is -4.33. The maximum atomic E-state index is 13.8. The van der Waals surface area contributed by atoms with E-state index in [1.165, 1.54) is 28.9 Å². The van der Waals surface area contributed by atoms with Crippen molar-refractivity contribution in [3.05, 3.63) is 82.7 Å². The molecule has 2 aliphatic rings. The Morgan fingerprint density at radius 1 is 1.03 bits per heavy atom. The van der Waals surface area contributed by atoms with Gasteiger partial charge in [-0.2, -0.15) is 0 Å². The van der Waals surface area contributed by atoms with E-state index in [1.54, 1.807) is 44.6 Å². The van der Waals surface area contributed by atoms with Crippen molar-refractivity contribution in [3.8, 4) is 11.5 Å². The van der Waals surface area contributed by atoms with Gasteiger partial charge in [-0.15, -0.1) is 0 Å². The van der Waals surface area contributed by atoms with Crippen LogP contribution >= 0.6 is 0 Å². The summed E-state index contributed by atoms with van der Waals surface area (Å²) < 4.78 is 31.1. The van der Waals surface area contributed by atoms with Crippen LogP contribution in [0, 0.1) is 5.82 Å². The van der Waals surface area contributed by atoms with E-state index < -0.39 is 11.7 Å². The first-order chi connectivity index (χ1) is 18.5. The van der Waals surface area contributed by atoms with Crippen molar-refractivity contribution in [1.82, 2.24) is 0 Å². The normalized spacial score (nSPS) is 14.8. The van der Waals surface area contributed by atoms with Gasteiger partial charge in [0.05, 0.1) is 14.2 Å². The van der Waals surface area contributed by atoms with Gasteiger partial charge in [-0.1, -0.05) is 6.07 Å². The molecular formula is C30H28FN3O4. The van der Waals surface area contributed by atoms with Crippen molar-refractivity contribution in [1.29, 1.82) is 0 Å². The van der Waals surface area contributed by atoms with E-state index >= 15 is 0 Å². The Bertz CT molecular complexity index is 1630. The molecule has 0 bridgehead atoms. The third-order valence-corrected chi connectivity index (χ3v) is 7.17. The first-order valence-electron chi connectivity index (χ1n) is 12.8. The molecule has 1 amide bonds. The van der Waals surface area contributed by atoms with Gasteiger partial charge in [-0.3, -0.25) is 4.79 Å². The van der Waals surface area contributed by atoms with Crippen LogP contribution in [-0.2, 0) is 12.8 Å². The average molecular weight is 514 g/mol. The minimum absolute atomic E-state index is 0.152. The number of methoxy groups -OCH3 is 2. The lowest BCUT2D eigenvalue weighted by Crippen LogP contribution is -2.34. The number of fused-ring (bicyclic) bond motifs is 2. The predicted octanol–water partition coefficient (Wildman–Crippen LogP) is 5.77. The molecule has 0 spiro atoms. The first kappa shape index (κ1) is 24.0. The van der Waals surface area contributed by atoms with Crippen LogP contribution in [0.25, 0.3) is 11.0 Å². The third kappa shape index (κ3) is 4.36. The number of ether oxygens (including phenoxy) is 2. The number of hydrogen-bond donors (Lipinski definition) is 1. The highest BCUT2D eigenvalue weighted by Crippen LogP contribution is 2.40. The highest BCUT2D eigenvalue weighted by Gasteiger charge is 2.27. The molecule has 2 aliphatic heterocycles. The molecule has 0 radical (unpaired) electrons. The average Bonchev–Trinajstić information content (AvgIpc) is 2.93. The number of hydrogen-bond acceptors (Lipinski definition) is 6. The zero-order valence-corrected chi connectivity index (χ0v) is 21.3. The lowest BCUT2D eigenvalue weighted by atomic mass is 9.90. The Balaban J connectivity index is 1.57. The quantitative estimate of drug-likeness (QED) is 0.367. The molecule has 38 heavy (non-hydrogen) atoms. The van der Waals surface area contributed by atoms with Crippen molar-refractivity contribution >= 4 is 33.9 Å². The lowest BCUT2D eigenvalue weighted by Gasteiger charge is -2.37. The van der Waals surface area contributed by atoms with Gasteiger partial charge in [0.1, 0.15) is 34.2 Å². The van der Waals surface area contributed by atoms with Gasteiger partial charge in [0.25, 0.3) is 5.91 Å². The number of benzene rings is 3. The van der Waals surface area contributed by atoms with Crippen LogP contribution in [0.4, 0.5) is 21.5 Å². The fourth-order valence-electron chi connectivity index (χ4n) is 5.45. The topological polar surface area (TPSA) is 76.3 Å². The molecule has 0 unspecified atom stereocenters. The highest BCUT2D eigenvalue weighted by atomic mass is 19.1. The Morgan fingerprint density at radius 2 is 1.87 bits per heavy atom. The van der Waals surface area contributed by atoms with E-state index in [4.69, 9.17) is 18.9 Å². The number of carbonyl (C=O) groups is 1. The summed E-state index contributed by atoms with van der Waals surface area (Å²) in [5, 5.41) is 3.64. The molecular weight excluding hydrogens is 485 g/mol. The van der Waals surface area contributed by atoms with E-state index in [9.17, 15) is 9.18 Å².